The van der Waals surface area contributed by atoms with E-state index in [4.69, 9.17) is 4.74 Å². The maximum absolute atomic E-state index is 13.0. The van der Waals surface area contributed by atoms with E-state index in [2.05, 4.69) is 20.1 Å². The summed E-state index contributed by atoms with van der Waals surface area (Å²) in [4.78, 5) is 4.18. The van der Waals surface area contributed by atoms with E-state index in [1.165, 1.54) is 6.33 Å². The predicted molar refractivity (Wildman–Crippen MR) is 104 cm³/mol. The molecule has 1 aromatic heterocycles. The summed E-state index contributed by atoms with van der Waals surface area (Å²) >= 11 is 0. The lowest BCUT2D eigenvalue weighted by Gasteiger charge is -2.37. The summed E-state index contributed by atoms with van der Waals surface area (Å²) < 4.78 is 35.7. The Hall–Kier alpha value is -1.52. The van der Waals surface area contributed by atoms with Crippen LogP contribution in [0, 0.1) is 5.41 Å². The topological polar surface area (TPSA) is 98.1 Å². The number of methoxy groups -OCH3 is 1. The van der Waals surface area contributed by atoms with Crippen molar-refractivity contribution in [3.63, 3.8) is 0 Å². The number of sulfonamides is 1. The molecule has 10 heteroatoms. The van der Waals surface area contributed by atoms with Crippen molar-refractivity contribution in [2.75, 3.05) is 33.4 Å². The molecule has 0 radical (unpaired) electrons. The summed E-state index contributed by atoms with van der Waals surface area (Å²) in [6.45, 7) is 2.99. The predicted octanol–water partition coefficient (Wildman–Crippen LogP) is 1.04. The molecule has 0 bridgehead atoms. The van der Waals surface area contributed by atoms with Crippen LogP contribution in [-0.4, -0.2) is 56.5 Å². The number of nitrogens with zero attached hydrogens (tertiary/aromatic N) is 3. The van der Waals surface area contributed by atoms with Crippen molar-refractivity contribution in [1.29, 1.82) is 0 Å². The molecule has 150 valence electrons. The summed E-state index contributed by atoms with van der Waals surface area (Å²) in [7, 11) is -1.98. The monoisotopic (exact) mass is 415 g/mol. The number of benzene rings is 1. The number of nitrogens with one attached hydrogen (secondary N) is 2. The van der Waals surface area contributed by atoms with E-state index in [9.17, 15) is 8.42 Å². The van der Waals surface area contributed by atoms with Crippen LogP contribution in [0.15, 0.2) is 41.8 Å². The van der Waals surface area contributed by atoms with Crippen molar-refractivity contribution >= 4 is 22.4 Å². The number of halogens is 1. The molecule has 1 fully saturated rings. The first-order chi connectivity index (χ1) is 12.5. The van der Waals surface area contributed by atoms with Crippen molar-refractivity contribution in [2.24, 2.45) is 5.41 Å². The van der Waals surface area contributed by atoms with E-state index in [1.807, 2.05) is 6.07 Å². The zero-order chi connectivity index (χ0) is 18.5. The first-order valence-electron chi connectivity index (χ1n) is 8.64. The second kappa shape index (κ2) is 9.61. The van der Waals surface area contributed by atoms with Crippen LogP contribution in [0.1, 0.15) is 18.4 Å². The van der Waals surface area contributed by atoms with E-state index in [0.717, 1.165) is 25.9 Å². The van der Waals surface area contributed by atoms with E-state index in [0.29, 0.717) is 25.3 Å². The summed E-state index contributed by atoms with van der Waals surface area (Å²) in [5.74, 6) is 0. The maximum Gasteiger partial charge on any atom is 0.240 e. The first-order valence-corrected chi connectivity index (χ1v) is 10.1. The van der Waals surface area contributed by atoms with Gasteiger partial charge in [0.05, 0.1) is 18.0 Å². The van der Waals surface area contributed by atoms with Crippen molar-refractivity contribution in [1.82, 2.24) is 24.8 Å². The van der Waals surface area contributed by atoms with E-state index < -0.39 is 10.0 Å². The SMILES string of the molecule is COCC1(CNS(=O)(=O)c2ccccc2Cn2cncn2)CCNCC1.Cl. The molecule has 3 rings (SSSR count). The van der Waals surface area contributed by atoms with Crippen LogP contribution in [0.4, 0.5) is 0 Å². The fourth-order valence-corrected chi connectivity index (χ4v) is 4.73. The lowest BCUT2D eigenvalue weighted by Crippen LogP contribution is -2.47. The minimum Gasteiger partial charge on any atom is -0.384 e. The largest absolute Gasteiger partial charge is 0.384 e. The smallest absolute Gasteiger partial charge is 0.240 e. The van der Waals surface area contributed by atoms with Crippen LogP contribution in [0.5, 0.6) is 0 Å². The molecule has 1 aromatic carbocycles. The third-order valence-electron chi connectivity index (χ3n) is 4.81. The minimum atomic E-state index is -3.64. The molecular weight excluding hydrogens is 390 g/mol. The standard InChI is InChI=1S/C17H25N5O3S.ClH/c1-25-12-17(6-8-18-9-7-17)11-21-26(23,24)16-5-3-2-4-15(16)10-22-14-19-13-20-22;/h2-5,13-14,18,21H,6-12H2,1H3;1H. The average Bonchev–Trinajstić information content (AvgIpc) is 3.15. The highest BCUT2D eigenvalue weighted by molar-refractivity contribution is 7.89. The maximum atomic E-state index is 13.0. The first kappa shape index (κ1) is 21.8. The van der Waals surface area contributed by atoms with Crippen LogP contribution in [0.25, 0.3) is 0 Å². The van der Waals surface area contributed by atoms with Gasteiger partial charge in [-0.2, -0.15) is 5.10 Å². The second-order valence-electron chi connectivity index (χ2n) is 6.71. The van der Waals surface area contributed by atoms with Gasteiger partial charge in [0.2, 0.25) is 10.0 Å². The molecule has 1 saturated heterocycles. The van der Waals surface area contributed by atoms with Gasteiger partial charge in [0, 0.05) is 19.1 Å². The fourth-order valence-electron chi connectivity index (χ4n) is 3.35. The quantitative estimate of drug-likeness (QED) is 0.668. The Bertz CT molecular complexity index is 802. The lowest BCUT2D eigenvalue weighted by molar-refractivity contribution is 0.0577. The third-order valence-corrected chi connectivity index (χ3v) is 6.31. The number of ether oxygens (including phenoxy) is 1. The second-order valence-corrected chi connectivity index (χ2v) is 8.44. The van der Waals surface area contributed by atoms with E-state index in [-0.39, 0.29) is 22.7 Å². The number of rotatable bonds is 8. The van der Waals surface area contributed by atoms with Crippen LogP contribution < -0.4 is 10.0 Å². The summed E-state index contributed by atoms with van der Waals surface area (Å²) in [6, 6.07) is 6.98. The van der Waals surface area contributed by atoms with Crippen molar-refractivity contribution in [2.45, 2.75) is 24.3 Å². The number of aromatic nitrogens is 3. The molecule has 0 spiro atoms. The highest BCUT2D eigenvalue weighted by Gasteiger charge is 2.34. The molecule has 8 nitrogen and oxygen atoms in total. The van der Waals surface area contributed by atoms with Crippen LogP contribution in [-0.2, 0) is 21.3 Å². The van der Waals surface area contributed by atoms with Gasteiger partial charge < -0.3 is 10.1 Å². The van der Waals surface area contributed by atoms with Crippen molar-refractivity contribution in [3.8, 4) is 0 Å². The molecule has 0 atom stereocenters. The molecule has 1 aliphatic heterocycles. The number of piperidine rings is 1. The number of hydrogen-bond donors (Lipinski definition) is 2. The molecule has 0 aliphatic carbocycles. The zero-order valence-electron chi connectivity index (χ0n) is 15.3. The highest BCUT2D eigenvalue weighted by atomic mass is 35.5. The Kier molecular flexibility index (Phi) is 7.75. The normalized spacial score (nSPS) is 16.6. The molecule has 1 aliphatic rings. The van der Waals surface area contributed by atoms with Crippen LogP contribution >= 0.6 is 12.4 Å². The molecule has 2 aromatic rings. The fraction of sp³-hybridized carbons (Fsp3) is 0.529. The summed E-state index contributed by atoms with van der Waals surface area (Å²) in [6.07, 6.45) is 4.76. The van der Waals surface area contributed by atoms with Gasteiger partial charge in [-0.15, -0.1) is 12.4 Å². The van der Waals surface area contributed by atoms with Gasteiger partial charge in [-0.3, -0.25) is 0 Å². The van der Waals surface area contributed by atoms with Gasteiger partial charge in [-0.05, 0) is 37.6 Å². The molecule has 2 N–H and O–H groups in total. The molecule has 0 amide bonds. The molecular formula is C17H26ClN5O3S. The van der Waals surface area contributed by atoms with Crippen molar-refractivity contribution < 1.29 is 13.2 Å². The number of hydrogen-bond acceptors (Lipinski definition) is 6. The Morgan fingerprint density at radius 2 is 2.04 bits per heavy atom. The highest BCUT2D eigenvalue weighted by Crippen LogP contribution is 2.29. The van der Waals surface area contributed by atoms with Gasteiger partial charge in [-0.1, -0.05) is 18.2 Å². The Labute approximate surface area is 166 Å². The zero-order valence-corrected chi connectivity index (χ0v) is 16.9. The Morgan fingerprint density at radius 3 is 2.70 bits per heavy atom. The Morgan fingerprint density at radius 1 is 1.30 bits per heavy atom. The molecule has 0 unspecified atom stereocenters. The van der Waals surface area contributed by atoms with Crippen LogP contribution in [0.3, 0.4) is 0 Å². The lowest BCUT2D eigenvalue weighted by atomic mass is 9.80. The van der Waals surface area contributed by atoms with Crippen LogP contribution in [0.2, 0.25) is 0 Å². The molecule has 0 saturated carbocycles. The van der Waals surface area contributed by atoms with Gasteiger partial charge in [0.1, 0.15) is 12.7 Å². The third kappa shape index (κ3) is 5.49. The van der Waals surface area contributed by atoms with Gasteiger partial charge in [-0.25, -0.2) is 22.8 Å². The average molecular weight is 416 g/mol. The van der Waals surface area contributed by atoms with Gasteiger partial charge >= 0.3 is 0 Å². The molecule has 2 heterocycles. The van der Waals surface area contributed by atoms with Gasteiger partial charge in [0.25, 0.3) is 0 Å². The van der Waals surface area contributed by atoms with E-state index >= 15 is 0 Å². The van der Waals surface area contributed by atoms with Gasteiger partial charge in [0.15, 0.2) is 0 Å². The summed E-state index contributed by atoms with van der Waals surface area (Å²) in [5, 5.41) is 7.37. The summed E-state index contributed by atoms with van der Waals surface area (Å²) in [5.41, 5.74) is 0.505. The van der Waals surface area contributed by atoms with E-state index in [1.54, 1.807) is 36.3 Å². The minimum absolute atomic E-state index is 0. The van der Waals surface area contributed by atoms with Crippen molar-refractivity contribution in [3.05, 3.63) is 42.5 Å². The molecule has 27 heavy (non-hydrogen) atoms. The Balaban J connectivity index is 0.00000261.